The van der Waals surface area contributed by atoms with Crippen molar-refractivity contribution in [1.29, 1.82) is 0 Å². The fourth-order valence-corrected chi connectivity index (χ4v) is 4.99. The van der Waals surface area contributed by atoms with Crippen molar-refractivity contribution in [2.24, 2.45) is 0 Å². The van der Waals surface area contributed by atoms with Crippen molar-refractivity contribution in [2.45, 2.75) is 32.1 Å². The van der Waals surface area contributed by atoms with Crippen molar-refractivity contribution in [3.8, 4) is 17.2 Å². The minimum absolute atomic E-state index is 0.221. The van der Waals surface area contributed by atoms with Crippen LogP contribution in [0.15, 0.2) is 52.9 Å². The first-order valence-corrected chi connectivity index (χ1v) is 12.2. The van der Waals surface area contributed by atoms with Gasteiger partial charge in [0.2, 0.25) is 5.89 Å². The molecular weight excluding hydrogens is 481 g/mol. The maximum Gasteiger partial charge on any atom is 0.416 e. The van der Waals surface area contributed by atoms with Crippen LogP contribution in [-0.2, 0) is 28.7 Å². The summed E-state index contributed by atoms with van der Waals surface area (Å²) in [4.78, 5) is 18.5. The third-order valence-electron chi connectivity index (χ3n) is 5.69. The van der Waals surface area contributed by atoms with Crippen molar-refractivity contribution in [3.63, 3.8) is 0 Å². The summed E-state index contributed by atoms with van der Waals surface area (Å²) in [6.07, 6.45) is -3.91. The lowest BCUT2D eigenvalue weighted by Crippen LogP contribution is -2.38. The molecule has 35 heavy (non-hydrogen) atoms. The van der Waals surface area contributed by atoms with Crippen molar-refractivity contribution in [1.82, 2.24) is 9.88 Å². The quantitative estimate of drug-likeness (QED) is 0.382. The van der Waals surface area contributed by atoms with Gasteiger partial charge < -0.3 is 13.9 Å². The van der Waals surface area contributed by atoms with Gasteiger partial charge in [0.25, 0.3) is 0 Å². The second-order valence-electron chi connectivity index (χ2n) is 8.13. The molecule has 186 valence electrons. The maximum absolute atomic E-state index is 12.8. The maximum atomic E-state index is 12.8. The molecule has 6 nitrogen and oxygen atoms in total. The molecule has 4 rings (SSSR count). The highest BCUT2D eigenvalue weighted by molar-refractivity contribution is 7.99. The van der Waals surface area contributed by atoms with E-state index in [0.717, 1.165) is 23.6 Å². The number of hydrogen-bond acceptors (Lipinski definition) is 7. The van der Waals surface area contributed by atoms with E-state index in [1.807, 2.05) is 24.3 Å². The Labute approximate surface area is 205 Å². The lowest BCUT2D eigenvalue weighted by Gasteiger charge is -2.21. The number of benzene rings is 2. The lowest BCUT2D eigenvalue weighted by atomic mass is 10.1. The molecule has 2 aromatic carbocycles. The molecule has 0 radical (unpaired) electrons. The van der Waals surface area contributed by atoms with Crippen LogP contribution in [0.3, 0.4) is 0 Å². The molecule has 0 amide bonds. The van der Waals surface area contributed by atoms with Gasteiger partial charge in [-0.2, -0.15) is 13.2 Å². The molecule has 10 heteroatoms. The van der Waals surface area contributed by atoms with Gasteiger partial charge in [0, 0.05) is 30.2 Å². The fourth-order valence-electron chi connectivity index (χ4n) is 3.80. The summed E-state index contributed by atoms with van der Waals surface area (Å²) in [5, 5.41) is 0. The smallest absolute Gasteiger partial charge is 0.416 e. The van der Waals surface area contributed by atoms with Gasteiger partial charge in [0.1, 0.15) is 17.6 Å². The molecule has 1 unspecified atom stereocenters. The van der Waals surface area contributed by atoms with Crippen molar-refractivity contribution in [3.05, 3.63) is 71.1 Å². The van der Waals surface area contributed by atoms with E-state index in [-0.39, 0.29) is 17.9 Å². The Kier molecular flexibility index (Phi) is 7.71. The SMILES string of the molecule is COC(=O)C1CSCN1Cc1cccc(OCCc2nc(-c3ccc(C(F)(F)F)cc3)oc2C)c1. The van der Waals surface area contributed by atoms with Gasteiger partial charge >= 0.3 is 12.1 Å². The van der Waals surface area contributed by atoms with E-state index in [2.05, 4.69) is 9.88 Å². The number of methoxy groups -OCH3 is 1. The summed E-state index contributed by atoms with van der Waals surface area (Å²) in [6, 6.07) is 12.2. The number of nitrogens with zero attached hydrogens (tertiary/aromatic N) is 2. The molecule has 0 bridgehead atoms. The van der Waals surface area contributed by atoms with E-state index in [4.69, 9.17) is 13.9 Å². The number of thioether (sulfide) groups is 1. The minimum Gasteiger partial charge on any atom is -0.493 e. The zero-order valence-corrected chi connectivity index (χ0v) is 20.1. The Morgan fingerprint density at radius 3 is 2.71 bits per heavy atom. The molecule has 2 heterocycles. The second-order valence-corrected chi connectivity index (χ2v) is 9.13. The van der Waals surface area contributed by atoms with Crippen LogP contribution in [0.1, 0.15) is 22.6 Å². The highest BCUT2D eigenvalue weighted by Gasteiger charge is 2.32. The molecule has 1 atom stereocenters. The van der Waals surface area contributed by atoms with Crippen LogP contribution in [0.25, 0.3) is 11.5 Å². The van der Waals surface area contributed by atoms with Crippen LogP contribution in [0, 0.1) is 6.92 Å². The highest BCUT2D eigenvalue weighted by atomic mass is 32.2. The molecule has 0 aliphatic carbocycles. The predicted molar refractivity (Wildman–Crippen MR) is 126 cm³/mol. The van der Waals surface area contributed by atoms with E-state index in [9.17, 15) is 18.0 Å². The lowest BCUT2D eigenvalue weighted by molar-refractivity contribution is -0.145. The fraction of sp³-hybridized carbons (Fsp3) is 0.360. The summed E-state index contributed by atoms with van der Waals surface area (Å²) in [5.41, 5.74) is 1.48. The largest absolute Gasteiger partial charge is 0.493 e. The monoisotopic (exact) mass is 506 g/mol. The van der Waals surface area contributed by atoms with Crippen LogP contribution in [-0.4, -0.2) is 47.2 Å². The number of oxazole rings is 1. The number of aryl methyl sites for hydroxylation is 1. The van der Waals surface area contributed by atoms with Crippen molar-refractivity contribution < 1.29 is 31.9 Å². The number of alkyl halides is 3. The van der Waals surface area contributed by atoms with Gasteiger partial charge in [-0.3, -0.25) is 9.69 Å². The van der Waals surface area contributed by atoms with Gasteiger partial charge in [-0.1, -0.05) is 12.1 Å². The number of rotatable bonds is 8. The topological polar surface area (TPSA) is 64.8 Å². The van der Waals surface area contributed by atoms with Gasteiger partial charge in [-0.25, -0.2) is 4.98 Å². The first kappa shape index (κ1) is 25.1. The molecule has 1 aromatic heterocycles. The Bertz CT molecular complexity index is 1160. The third kappa shape index (κ3) is 6.18. The molecule has 1 aliphatic heterocycles. The van der Waals surface area contributed by atoms with Gasteiger partial charge in [-0.15, -0.1) is 11.8 Å². The minimum atomic E-state index is -4.39. The van der Waals surface area contributed by atoms with Gasteiger partial charge in [0.15, 0.2) is 0 Å². The molecule has 1 saturated heterocycles. The number of ether oxygens (including phenoxy) is 2. The Morgan fingerprint density at radius 1 is 1.23 bits per heavy atom. The zero-order chi connectivity index (χ0) is 25.0. The van der Waals surface area contributed by atoms with Crippen LogP contribution in [0.5, 0.6) is 5.75 Å². The Morgan fingerprint density at radius 2 is 2.00 bits per heavy atom. The van der Waals surface area contributed by atoms with E-state index in [1.165, 1.54) is 19.2 Å². The number of aromatic nitrogens is 1. The molecule has 0 saturated carbocycles. The van der Waals surface area contributed by atoms with E-state index < -0.39 is 11.7 Å². The van der Waals surface area contributed by atoms with Crippen molar-refractivity contribution in [2.75, 3.05) is 25.3 Å². The summed E-state index contributed by atoms with van der Waals surface area (Å²) in [7, 11) is 1.40. The Hall–Kier alpha value is -2.98. The van der Waals surface area contributed by atoms with Gasteiger partial charge in [0.05, 0.1) is 25.0 Å². The summed E-state index contributed by atoms with van der Waals surface area (Å²) in [6.45, 7) is 2.73. The van der Waals surface area contributed by atoms with E-state index >= 15 is 0 Å². The summed E-state index contributed by atoms with van der Waals surface area (Å²) < 4.78 is 54.8. The predicted octanol–water partition coefficient (Wildman–Crippen LogP) is 5.34. The summed E-state index contributed by atoms with van der Waals surface area (Å²) in [5.74, 6) is 2.83. The average molecular weight is 507 g/mol. The first-order valence-electron chi connectivity index (χ1n) is 11.0. The Balaban J connectivity index is 1.34. The number of hydrogen-bond donors (Lipinski definition) is 0. The van der Waals surface area contributed by atoms with Gasteiger partial charge in [-0.05, 0) is 48.9 Å². The van der Waals surface area contributed by atoms with Crippen LogP contribution < -0.4 is 4.74 Å². The number of halogens is 3. The van der Waals surface area contributed by atoms with Crippen molar-refractivity contribution >= 4 is 17.7 Å². The third-order valence-corrected chi connectivity index (χ3v) is 6.76. The molecular formula is C25H25F3N2O4S. The van der Waals surface area contributed by atoms with Crippen LogP contribution in [0.2, 0.25) is 0 Å². The second kappa shape index (κ2) is 10.7. The summed E-state index contributed by atoms with van der Waals surface area (Å²) >= 11 is 1.70. The molecule has 0 N–H and O–H groups in total. The first-order chi connectivity index (χ1) is 16.7. The van der Waals surface area contributed by atoms with E-state index in [0.29, 0.717) is 48.1 Å². The zero-order valence-electron chi connectivity index (χ0n) is 19.3. The normalized spacial score (nSPS) is 16.4. The van der Waals surface area contributed by atoms with Crippen LogP contribution >= 0.6 is 11.8 Å². The molecule has 3 aromatic rings. The van der Waals surface area contributed by atoms with E-state index in [1.54, 1.807) is 18.7 Å². The average Bonchev–Trinajstić information content (AvgIpc) is 3.45. The standard InChI is InChI=1S/C25H25F3N2O4S/c1-16-21(29-23(34-16)18-6-8-19(9-7-18)25(26,27)28)10-11-33-20-5-3-4-17(12-20)13-30-15-35-14-22(30)24(31)32-2/h3-9,12,22H,10-11,13-15H2,1-2H3. The van der Waals surface area contributed by atoms with Crippen LogP contribution in [0.4, 0.5) is 13.2 Å². The molecule has 1 aliphatic rings. The number of carbonyl (C=O) groups excluding carboxylic acids is 1. The number of esters is 1. The molecule has 0 spiro atoms. The molecule has 1 fully saturated rings. The number of carbonyl (C=O) groups is 1. The highest BCUT2D eigenvalue weighted by Crippen LogP contribution is 2.31.